The van der Waals surface area contributed by atoms with Gasteiger partial charge >= 0.3 is 0 Å². The van der Waals surface area contributed by atoms with Crippen LogP contribution in [0.3, 0.4) is 0 Å². The van der Waals surface area contributed by atoms with E-state index < -0.39 is 0 Å². The van der Waals surface area contributed by atoms with Crippen molar-refractivity contribution in [2.45, 2.75) is 45.1 Å². The Hall–Kier alpha value is -2.15. The Morgan fingerprint density at radius 1 is 1.21 bits per heavy atom. The maximum atomic E-state index is 11.0. The average molecular weight is 416 g/mol. The standard InChI is InChI=1S/C22H26ClN3O3/c1-22(2,3)17-9-14(5-4-8-28-12-16-13-29-16)10-20(21(17)27)26-24-18-7-6-15(23)11-19(18)25-26/h6-7,9-11,16,27H,4-5,8,12-13H2,1-3H3. The maximum Gasteiger partial charge on any atom is 0.146 e. The molecule has 1 aliphatic heterocycles. The molecule has 2 aromatic carbocycles. The zero-order chi connectivity index (χ0) is 20.6. The summed E-state index contributed by atoms with van der Waals surface area (Å²) < 4.78 is 10.8. The molecule has 0 amide bonds. The summed E-state index contributed by atoms with van der Waals surface area (Å²) >= 11 is 6.08. The molecule has 7 heteroatoms. The van der Waals surface area contributed by atoms with Gasteiger partial charge in [0.25, 0.3) is 0 Å². The van der Waals surface area contributed by atoms with Crippen LogP contribution in [-0.4, -0.2) is 46.0 Å². The fourth-order valence-corrected chi connectivity index (χ4v) is 3.47. The number of benzene rings is 2. The van der Waals surface area contributed by atoms with Crippen LogP contribution in [0.25, 0.3) is 16.7 Å². The molecule has 0 saturated carbocycles. The number of nitrogens with zero attached hydrogens (tertiary/aromatic N) is 3. The van der Waals surface area contributed by atoms with Crippen molar-refractivity contribution >= 4 is 22.6 Å². The maximum absolute atomic E-state index is 11.0. The number of ether oxygens (including phenoxy) is 2. The smallest absolute Gasteiger partial charge is 0.146 e. The van der Waals surface area contributed by atoms with Crippen LogP contribution in [-0.2, 0) is 21.3 Å². The Balaban J connectivity index is 1.63. The molecule has 3 aromatic rings. The molecule has 0 spiro atoms. The summed E-state index contributed by atoms with van der Waals surface area (Å²) in [4.78, 5) is 1.50. The van der Waals surface area contributed by atoms with Crippen molar-refractivity contribution in [3.8, 4) is 11.4 Å². The topological polar surface area (TPSA) is 72.7 Å². The first-order valence-electron chi connectivity index (χ1n) is 9.90. The minimum Gasteiger partial charge on any atom is -0.505 e. The average Bonchev–Trinajstić information content (AvgIpc) is 3.38. The first kappa shape index (κ1) is 20.1. The second-order valence-corrected chi connectivity index (χ2v) is 8.95. The highest BCUT2D eigenvalue weighted by Crippen LogP contribution is 2.36. The van der Waals surface area contributed by atoms with Gasteiger partial charge in [0.05, 0.1) is 13.2 Å². The number of aryl methyl sites for hydroxylation is 1. The van der Waals surface area contributed by atoms with Crippen molar-refractivity contribution < 1.29 is 14.6 Å². The van der Waals surface area contributed by atoms with Gasteiger partial charge in [0, 0.05) is 17.2 Å². The molecule has 1 aliphatic rings. The molecule has 154 valence electrons. The zero-order valence-corrected chi connectivity index (χ0v) is 17.7. The van der Waals surface area contributed by atoms with Crippen molar-refractivity contribution in [3.05, 3.63) is 46.5 Å². The van der Waals surface area contributed by atoms with Crippen molar-refractivity contribution in [2.24, 2.45) is 0 Å². The molecule has 1 fully saturated rings. The van der Waals surface area contributed by atoms with Gasteiger partial charge in [0.15, 0.2) is 0 Å². The Bertz CT molecular complexity index is 1020. The van der Waals surface area contributed by atoms with Gasteiger partial charge in [-0.05, 0) is 48.1 Å². The van der Waals surface area contributed by atoms with Crippen molar-refractivity contribution in [1.82, 2.24) is 15.0 Å². The number of epoxide rings is 1. The van der Waals surface area contributed by atoms with Gasteiger partial charge in [-0.2, -0.15) is 0 Å². The SMILES string of the molecule is CC(C)(C)c1cc(CCCOCC2CO2)cc(-n2nc3ccc(Cl)cc3n2)c1O. The number of hydrogen-bond donors (Lipinski definition) is 1. The highest BCUT2D eigenvalue weighted by atomic mass is 35.5. The van der Waals surface area contributed by atoms with E-state index in [1.165, 1.54) is 4.80 Å². The molecule has 0 radical (unpaired) electrons. The van der Waals surface area contributed by atoms with Crippen LogP contribution in [0.4, 0.5) is 0 Å². The van der Waals surface area contributed by atoms with Crippen LogP contribution in [0.1, 0.15) is 38.3 Å². The van der Waals surface area contributed by atoms with Gasteiger partial charge < -0.3 is 14.6 Å². The summed E-state index contributed by atoms with van der Waals surface area (Å²) in [5.41, 5.74) is 3.77. The zero-order valence-electron chi connectivity index (χ0n) is 17.0. The highest BCUT2D eigenvalue weighted by molar-refractivity contribution is 6.31. The first-order valence-corrected chi connectivity index (χ1v) is 10.3. The van der Waals surface area contributed by atoms with Gasteiger partial charge in [-0.1, -0.05) is 38.4 Å². The fourth-order valence-electron chi connectivity index (χ4n) is 3.30. The van der Waals surface area contributed by atoms with E-state index in [0.29, 0.717) is 29.4 Å². The molecule has 6 nitrogen and oxygen atoms in total. The number of rotatable bonds is 7. The molecule has 1 saturated heterocycles. The number of fused-ring (bicyclic) bond motifs is 1. The molecule has 1 aromatic heterocycles. The molecular weight excluding hydrogens is 390 g/mol. The lowest BCUT2D eigenvalue weighted by Crippen LogP contribution is -2.14. The van der Waals surface area contributed by atoms with Crippen molar-refractivity contribution in [3.63, 3.8) is 0 Å². The fraction of sp³-hybridized carbons (Fsp3) is 0.455. The number of phenols is 1. The summed E-state index contributed by atoms with van der Waals surface area (Å²) in [6, 6.07) is 9.41. The van der Waals surface area contributed by atoms with Gasteiger partial charge in [-0.25, -0.2) is 0 Å². The molecule has 1 unspecified atom stereocenters. The van der Waals surface area contributed by atoms with E-state index in [0.717, 1.165) is 36.1 Å². The monoisotopic (exact) mass is 415 g/mol. The quantitative estimate of drug-likeness (QED) is 0.456. The van der Waals surface area contributed by atoms with Gasteiger partial charge in [-0.3, -0.25) is 0 Å². The van der Waals surface area contributed by atoms with E-state index in [4.69, 9.17) is 21.1 Å². The molecule has 1 N–H and O–H groups in total. The third-order valence-electron chi connectivity index (χ3n) is 4.98. The summed E-state index contributed by atoms with van der Waals surface area (Å²) in [6.07, 6.45) is 2.02. The van der Waals surface area contributed by atoms with Crippen LogP contribution < -0.4 is 0 Å². The van der Waals surface area contributed by atoms with Crippen LogP contribution >= 0.6 is 11.6 Å². The van der Waals surface area contributed by atoms with Crippen molar-refractivity contribution in [2.75, 3.05) is 19.8 Å². The summed E-state index contributed by atoms with van der Waals surface area (Å²) in [7, 11) is 0. The van der Waals surface area contributed by atoms with E-state index in [-0.39, 0.29) is 17.3 Å². The predicted molar refractivity (Wildman–Crippen MR) is 113 cm³/mol. The predicted octanol–water partition coefficient (Wildman–Crippen LogP) is 4.43. The third kappa shape index (κ3) is 4.71. The van der Waals surface area contributed by atoms with E-state index in [1.54, 1.807) is 12.1 Å². The van der Waals surface area contributed by atoms with Crippen LogP contribution in [0.2, 0.25) is 5.02 Å². The lowest BCUT2D eigenvalue weighted by molar-refractivity contribution is 0.114. The minimum absolute atomic E-state index is 0.204. The van der Waals surface area contributed by atoms with Gasteiger partial charge in [-0.15, -0.1) is 15.0 Å². The second kappa shape index (κ2) is 7.94. The van der Waals surface area contributed by atoms with Gasteiger partial charge in [0.1, 0.15) is 28.6 Å². The van der Waals surface area contributed by atoms with E-state index >= 15 is 0 Å². The first-order chi connectivity index (χ1) is 13.8. The van der Waals surface area contributed by atoms with E-state index in [1.807, 2.05) is 12.1 Å². The normalized spacial score (nSPS) is 16.5. The van der Waals surface area contributed by atoms with E-state index in [2.05, 4.69) is 37.0 Å². The highest BCUT2D eigenvalue weighted by Gasteiger charge is 2.24. The van der Waals surface area contributed by atoms with Crippen LogP contribution in [0.5, 0.6) is 5.75 Å². The number of halogens is 1. The summed E-state index contributed by atoms with van der Waals surface area (Å²) in [6.45, 7) is 8.42. The number of aromatic nitrogens is 3. The number of phenolic OH excluding ortho intramolecular Hbond substituents is 1. The van der Waals surface area contributed by atoms with E-state index in [9.17, 15) is 5.11 Å². The Labute approximate surface area is 175 Å². The van der Waals surface area contributed by atoms with Crippen molar-refractivity contribution in [1.29, 1.82) is 0 Å². The molecule has 0 bridgehead atoms. The molecule has 2 heterocycles. The lowest BCUT2D eigenvalue weighted by atomic mass is 9.84. The molecule has 4 rings (SSSR count). The largest absolute Gasteiger partial charge is 0.505 e. The number of hydrogen-bond acceptors (Lipinski definition) is 5. The summed E-state index contributed by atoms with van der Waals surface area (Å²) in [5, 5.41) is 20.7. The third-order valence-corrected chi connectivity index (χ3v) is 5.21. The Morgan fingerprint density at radius 2 is 1.97 bits per heavy atom. The summed E-state index contributed by atoms with van der Waals surface area (Å²) in [5.74, 6) is 0.204. The number of aromatic hydroxyl groups is 1. The molecular formula is C22H26ClN3O3. The molecule has 0 aliphatic carbocycles. The Morgan fingerprint density at radius 3 is 2.69 bits per heavy atom. The van der Waals surface area contributed by atoms with Gasteiger partial charge in [0.2, 0.25) is 0 Å². The minimum atomic E-state index is -0.218. The second-order valence-electron chi connectivity index (χ2n) is 8.52. The van der Waals surface area contributed by atoms with Crippen LogP contribution in [0, 0.1) is 0 Å². The molecule has 29 heavy (non-hydrogen) atoms. The Kier molecular flexibility index (Phi) is 5.51. The van der Waals surface area contributed by atoms with Crippen LogP contribution in [0.15, 0.2) is 30.3 Å². The lowest BCUT2D eigenvalue weighted by Gasteiger charge is -2.23. The molecule has 1 atom stereocenters.